The van der Waals surface area contributed by atoms with E-state index in [1.165, 1.54) is 57.5 Å². The molecule has 0 atom stereocenters. The maximum atomic E-state index is 2.39. The van der Waals surface area contributed by atoms with E-state index in [9.17, 15) is 0 Å². The molecule has 0 aliphatic heterocycles. The van der Waals surface area contributed by atoms with Crippen LogP contribution in [0.1, 0.15) is 25.3 Å². The molecule has 0 fully saturated rings. The van der Waals surface area contributed by atoms with Crippen LogP contribution in [0.5, 0.6) is 0 Å². The minimum atomic E-state index is 0. The zero-order valence-corrected chi connectivity index (χ0v) is 18.8. The van der Waals surface area contributed by atoms with Crippen molar-refractivity contribution in [1.29, 1.82) is 0 Å². The molecule has 26 heavy (non-hydrogen) atoms. The first-order valence-corrected chi connectivity index (χ1v) is 8.53. The van der Waals surface area contributed by atoms with Crippen molar-refractivity contribution in [3.8, 4) is 11.1 Å². The van der Waals surface area contributed by atoms with Gasteiger partial charge >= 0.3 is 26.2 Å². The number of unbranched alkanes of at least 4 members (excludes halogenated alkanes) is 1. The Morgan fingerprint density at radius 3 is 2.19 bits per heavy atom. The molecule has 4 aromatic carbocycles. The monoisotopic (exact) mass is 457 g/mol. The van der Waals surface area contributed by atoms with Gasteiger partial charge in [0, 0.05) is 0 Å². The Kier molecular flexibility index (Phi) is 9.18. The summed E-state index contributed by atoms with van der Waals surface area (Å²) in [5.41, 5.74) is 4.15. The van der Waals surface area contributed by atoms with Crippen LogP contribution in [0.15, 0.2) is 72.8 Å². The van der Waals surface area contributed by atoms with Crippen molar-refractivity contribution in [2.24, 2.45) is 0 Å². The summed E-state index contributed by atoms with van der Waals surface area (Å²) < 4.78 is 0. The van der Waals surface area contributed by atoms with Gasteiger partial charge in [0.15, 0.2) is 0 Å². The third-order valence-corrected chi connectivity index (χ3v) is 4.71. The van der Waals surface area contributed by atoms with Crippen LogP contribution in [0.25, 0.3) is 32.7 Å². The molecule has 131 valence electrons. The van der Waals surface area contributed by atoms with Gasteiger partial charge in [0.2, 0.25) is 0 Å². The fraction of sp³-hybridized carbons (Fsp3) is 0.174. The summed E-state index contributed by atoms with van der Waals surface area (Å²) in [6, 6.07) is 26.7. The second kappa shape index (κ2) is 10.4. The number of aryl methyl sites for hydroxylation is 1. The van der Waals surface area contributed by atoms with E-state index in [1.54, 1.807) is 0 Å². The van der Waals surface area contributed by atoms with E-state index in [0.717, 1.165) is 0 Å². The Labute approximate surface area is 187 Å². The summed E-state index contributed by atoms with van der Waals surface area (Å²) in [5.74, 6) is 0. The predicted octanol–water partition coefficient (Wildman–Crippen LogP) is 0.727. The molecule has 3 heteroatoms. The summed E-state index contributed by atoms with van der Waals surface area (Å²) in [6.07, 6.45) is 3.69. The van der Waals surface area contributed by atoms with Crippen molar-refractivity contribution in [2.45, 2.75) is 26.2 Å². The molecule has 0 heterocycles. The van der Waals surface area contributed by atoms with Gasteiger partial charge in [-0.15, -0.1) is 34.5 Å². The molecule has 4 aromatic rings. The maximum Gasteiger partial charge on any atom is 3.00 e. The molecule has 0 aliphatic carbocycles. The van der Waals surface area contributed by atoms with Crippen molar-refractivity contribution in [3.63, 3.8) is 0 Å². The van der Waals surface area contributed by atoms with Gasteiger partial charge in [0.05, 0.1) is 0 Å². The van der Waals surface area contributed by atoms with Gasteiger partial charge in [0.25, 0.3) is 0 Å². The number of halogens is 2. The molecule has 0 bridgehead atoms. The Balaban J connectivity index is 0.00000113. The van der Waals surface area contributed by atoms with Crippen molar-refractivity contribution in [1.82, 2.24) is 0 Å². The first kappa shape index (κ1) is 23.0. The minimum absolute atomic E-state index is 0. The molecule has 0 aromatic heterocycles. The van der Waals surface area contributed by atoms with E-state index in [-0.39, 0.29) is 51.0 Å². The Hall–Kier alpha value is -1.01. The van der Waals surface area contributed by atoms with E-state index in [4.69, 9.17) is 0 Å². The second-order valence-corrected chi connectivity index (χ2v) is 6.30. The Bertz CT molecular complexity index is 967. The van der Waals surface area contributed by atoms with Gasteiger partial charge in [-0.3, -0.25) is 0 Å². The van der Waals surface area contributed by atoms with E-state index in [1.807, 2.05) is 0 Å². The molecular formula is C23H21Cl2Zr. The molecule has 0 N–H and O–H groups in total. The SMILES string of the molecule is CCCCc1cc2c(-c3cccc4ccccc34)cccc2[cH-]1.[Cl-].[Cl-].[Zr+3]. The predicted molar refractivity (Wildman–Crippen MR) is 101 cm³/mol. The quantitative estimate of drug-likeness (QED) is 0.395. The van der Waals surface area contributed by atoms with Crippen molar-refractivity contribution >= 4 is 21.5 Å². The number of benzene rings is 3. The molecule has 0 unspecified atom stereocenters. The number of fused-ring (bicyclic) bond motifs is 2. The summed E-state index contributed by atoms with van der Waals surface area (Å²) in [5, 5.41) is 5.38. The molecule has 0 saturated carbocycles. The van der Waals surface area contributed by atoms with Gasteiger partial charge in [-0.2, -0.15) is 6.07 Å². The van der Waals surface area contributed by atoms with Crippen LogP contribution in [-0.4, -0.2) is 0 Å². The number of hydrogen-bond acceptors (Lipinski definition) is 0. The van der Waals surface area contributed by atoms with E-state index in [0.29, 0.717) is 0 Å². The second-order valence-electron chi connectivity index (χ2n) is 6.30. The minimum Gasteiger partial charge on any atom is -1.00 e. The fourth-order valence-electron chi connectivity index (χ4n) is 3.52. The number of rotatable bonds is 4. The average Bonchev–Trinajstić information content (AvgIpc) is 3.02. The Morgan fingerprint density at radius 2 is 1.42 bits per heavy atom. The summed E-state index contributed by atoms with van der Waals surface area (Å²) in [6.45, 7) is 2.25. The van der Waals surface area contributed by atoms with Crippen molar-refractivity contribution in [3.05, 3.63) is 78.4 Å². The largest absolute Gasteiger partial charge is 3.00 e. The van der Waals surface area contributed by atoms with Crippen molar-refractivity contribution in [2.75, 3.05) is 0 Å². The number of hydrogen-bond donors (Lipinski definition) is 0. The first-order chi connectivity index (χ1) is 11.4. The van der Waals surface area contributed by atoms with Crippen molar-refractivity contribution < 1.29 is 51.0 Å². The molecule has 0 amide bonds. The molecule has 0 spiro atoms. The van der Waals surface area contributed by atoms with Crippen LogP contribution in [0, 0.1) is 0 Å². The summed E-state index contributed by atoms with van der Waals surface area (Å²) in [4.78, 5) is 0. The molecule has 0 saturated heterocycles. The smallest absolute Gasteiger partial charge is 1.00 e. The molecule has 0 nitrogen and oxygen atoms in total. The van der Waals surface area contributed by atoms with E-state index in [2.05, 4.69) is 79.7 Å². The van der Waals surface area contributed by atoms with Crippen LogP contribution in [-0.2, 0) is 32.6 Å². The maximum absolute atomic E-state index is 2.39. The third kappa shape index (κ3) is 4.45. The van der Waals surface area contributed by atoms with E-state index < -0.39 is 0 Å². The van der Waals surface area contributed by atoms with Gasteiger partial charge in [-0.05, 0) is 22.8 Å². The van der Waals surface area contributed by atoms with Crippen LogP contribution in [0.3, 0.4) is 0 Å². The zero-order valence-electron chi connectivity index (χ0n) is 14.8. The van der Waals surface area contributed by atoms with Gasteiger partial charge < -0.3 is 24.8 Å². The first-order valence-electron chi connectivity index (χ1n) is 8.53. The topological polar surface area (TPSA) is 0 Å². The molecule has 1 radical (unpaired) electrons. The van der Waals surface area contributed by atoms with Gasteiger partial charge in [0.1, 0.15) is 0 Å². The van der Waals surface area contributed by atoms with E-state index >= 15 is 0 Å². The standard InChI is InChI=1S/C23H21.2ClH.Zr/c1-2-3-8-17-15-19-11-7-14-22(23(19)16-17)21-13-6-10-18-9-4-5-12-20(18)21;;;/h4-7,9-16H,2-3,8H2,1H3;2*1H;/q-1;;;+3/p-2. The third-order valence-electron chi connectivity index (χ3n) is 4.71. The fourth-order valence-corrected chi connectivity index (χ4v) is 3.52. The molecule has 0 aliphatic rings. The average molecular weight is 460 g/mol. The zero-order chi connectivity index (χ0) is 15.6. The molecular weight excluding hydrogens is 438 g/mol. The summed E-state index contributed by atoms with van der Waals surface area (Å²) >= 11 is 0. The summed E-state index contributed by atoms with van der Waals surface area (Å²) in [7, 11) is 0. The van der Waals surface area contributed by atoms with Crippen LogP contribution in [0.2, 0.25) is 0 Å². The normalized spacial score (nSPS) is 10.0. The van der Waals surface area contributed by atoms with Crippen LogP contribution < -0.4 is 24.8 Å². The van der Waals surface area contributed by atoms with Gasteiger partial charge in [-0.1, -0.05) is 73.9 Å². The van der Waals surface area contributed by atoms with Crippen LogP contribution in [0.4, 0.5) is 0 Å². The van der Waals surface area contributed by atoms with Crippen LogP contribution >= 0.6 is 0 Å². The van der Waals surface area contributed by atoms with Gasteiger partial charge in [-0.25, -0.2) is 0 Å². The molecule has 4 rings (SSSR count). The Morgan fingerprint density at radius 1 is 0.769 bits per heavy atom.